The highest BCUT2D eigenvalue weighted by atomic mass is 32.2. The Bertz CT molecular complexity index is 729. The lowest BCUT2D eigenvalue weighted by Gasteiger charge is -2.36. The van der Waals surface area contributed by atoms with E-state index in [4.69, 9.17) is 0 Å². The molecule has 116 valence electrons. The van der Waals surface area contributed by atoms with E-state index in [1.54, 1.807) is 11.8 Å². The van der Waals surface area contributed by atoms with Crippen molar-refractivity contribution in [1.82, 2.24) is 4.90 Å². The SMILES string of the molecule is CN(C)C1C(c2ccccc2)=C(c2ccccc2)SCC1C#N. The molecule has 0 aromatic heterocycles. The molecule has 0 saturated carbocycles. The molecule has 0 fully saturated rings. The molecule has 2 aromatic rings. The van der Waals surface area contributed by atoms with Crippen LogP contribution in [0.15, 0.2) is 60.7 Å². The Balaban J connectivity index is 2.22. The molecule has 0 saturated heterocycles. The van der Waals surface area contributed by atoms with Crippen LogP contribution in [0.1, 0.15) is 11.1 Å². The van der Waals surface area contributed by atoms with Crippen molar-refractivity contribution >= 4 is 22.2 Å². The quantitative estimate of drug-likeness (QED) is 0.840. The lowest BCUT2D eigenvalue weighted by Crippen LogP contribution is -2.39. The number of likely N-dealkylation sites (N-methyl/N-ethyl adjacent to an activating group) is 1. The van der Waals surface area contributed by atoms with Gasteiger partial charge in [0.1, 0.15) is 0 Å². The van der Waals surface area contributed by atoms with Gasteiger partial charge in [-0.05, 0) is 30.8 Å². The van der Waals surface area contributed by atoms with Crippen molar-refractivity contribution in [2.24, 2.45) is 5.92 Å². The summed E-state index contributed by atoms with van der Waals surface area (Å²) in [6.07, 6.45) is 0. The minimum absolute atomic E-state index is 0.00216. The molecule has 0 aliphatic carbocycles. The van der Waals surface area contributed by atoms with Gasteiger partial charge in [-0.25, -0.2) is 0 Å². The van der Waals surface area contributed by atoms with Gasteiger partial charge in [0.2, 0.25) is 0 Å². The Labute approximate surface area is 142 Å². The minimum Gasteiger partial charge on any atom is -0.301 e. The van der Waals surface area contributed by atoms with Crippen molar-refractivity contribution in [2.45, 2.75) is 6.04 Å². The average molecular weight is 320 g/mol. The van der Waals surface area contributed by atoms with Crippen LogP contribution in [0.25, 0.3) is 10.5 Å². The molecule has 1 aliphatic heterocycles. The first kappa shape index (κ1) is 15.9. The van der Waals surface area contributed by atoms with Crippen LogP contribution in [0.2, 0.25) is 0 Å². The number of thioether (sulfide) groups is 1. The second-order valence-electron chi connectivity index (χ2n) is 5.93. The summed E-state index contributed by atoms with van der Waals surface area (Å²) >= 11 is 1.80. The monoisotopic (exact) mass is 320 g/mol. The number of hydrogen-bond donors (Lipinski definition) is 0. The van der Waals surface area contributed by atoms with Crippen LogP contribution in [-0.4, -0.2) is 30.8 Å². The smallest absolute Gasteiger partial charge is 0.0754 e. The lowest BCUT2D eigenvalue weighted by molar-refractivity contribution is 0.311. The van der Waals surface area contributed by atoms with E-state index in [1.165, 1.54) is 21.6 Å². The molecule has 0 spiro atoms. The van der Waals surface area contributed by atoms with E-state index in [-0.39, 0.29) is 12.0 Å². The van der Waals surface area contributed by atoms with Crippen LogP contribution in [-0.2, 0) is 0 Å². The Morgan fingerprint density at radius 2 is 1.52 bits per heavy atom. The Kier molecular flexibility index (Phi) is 4.85. The number of nitriles is 1. The van der Waals surface area contributed by atoms with Gasteiger partial charge in [0.15, 0.2) is 0 Å². The van der Waals surface area contributed by atoms with Gasteiger partial charge in [0.25, 0.3) is 0 Å². The van der Waals surface area contributed by atoms with Crippen molar-refractivity contribution < 1.29 is 0 Å². The van der Waals surface area contributed by atoms with Crippen molar-refractivity contribution in [2.75, 3.05) is 19.8 Å². The van der Waals surface area contributed by atoms with E-state index in [0.717, 1.165) is 5.75 Å². The summed E-state index contributed by atoms with van der Waals surface area (Å²) in [5.74, 6) is 0.831. The van der Waals surface area contributed by atoms with Gasteiger partial charge >= 0.3 is 0 Å². The van der Waals surface area contributed by atoms with E-state index < -0.39 is 0 Å². The zero-order valence-corrected chi connectivity index (χ0v) is 14.3. The highest BCUT2D eigenvalue weighted by molar-refractivity contribution is 8.08. The fraction of sp³-hybridized carbons (Fsp3) is 0.250. The molecule has 2 nitrogen and oxygen atoms in total. The molecule has 0 radical (unpaired) electrons. The first-order valence-electron chi connectivity index (χ1n) is 7.76. The molecule has 0 N–H and O–H groups in total. The number of nitrogens with zero attached hydrogens (tertiary/aromatic N) is 2. The van der Waals surface area contributed by atoms with Crippen molar-refractivity contribution in [3.63, 3.8) is 0 Å². The molecular weight excluding hydrogens is 300 g/mol. The van der Waals surface area contributed by atoms with Gasteiger partial charge in [-0.1, -0.05) is 60.7 Å². The van der Waals surface area contributed by atoms with Crippen molar-refractivity contribution in [3.05, 3.63) is 71.8 Å². The van der Waals surface area contributed by atoms with E-state index >= 15 is 0 Å². The standard InChI is InChI=1S/C20H20N2S/c1-22(2)19-17(13-21)14-23-20(16-11-7-4-8-12-16)18(19)15-9-5-3-6-10-15/h3-12,17,19H,14H2,1-2H3. The molecule has 1 aliphatic rings. The van der Waals surface area contributed by atoms with Gasteiger partial charge in [-0.2, -0.15) is 5.26 Å². The third-order valence-electron chi connectivity index (χ3n) is 4.17. The minimum atomic E-state index is -0.00216. The summed E-state index contributed by atoms with van der Waals surface area (Å²) in [7, 11) is 4.13. The van der Waals surface area contributed by atoms with E-state index in [9.17, 15) is 5.26 Å². The normalized spacial score (nSPS) is 21.3. The van der Waals surface area contributed by atoms with Gasteiger partial charge in [0.05, 0.1) is 18.0 Å². The molecule has 3 heteroatoms. The molecule has 2 unspecified atom stereocenters. The fourth-order valence-electron chi connectivity index (χ4n) is 3.15. The highest BCUT2D eigenvalue weighted by Crippen LogP contribution is 2.45. The second kappa shape index (κ2) is 7.04. The van der Waals surface area contributed by atoms with Gasteiger partial charge in [-0.3, -0.25) is 0 Å². The van der Waals surface area contributed by atoms with Gasteiger partial charge in [0, 0.05) is 10.7 Å². The second-order valence-corrected chi connectivity index (χ2v) is 6.96. The van der Waals surface area contributed by atoms with E-state index in [2.05, 4.69) is 73.6 Å². The maximum absolute atomic E-state index is 9.62. The summed E-state index contributed by atoms with van der Waals surface area (Å²) in [4.78, 5) is 3.47. The summed E-state index contributed by atoms with van der Waals surface area (Å²) in [5, 5.41) is 9.62. The van der Waals surface area contributed by atoms with Crippen LogP contribution < -0.4 is 0 Å². The molecule has 0 bridgehead atoms. The summed E-state index contributed by atoms with van der Waals surface area (Å²) in [5.41, 5.74) is 3.71. The van der Waals surface area contributed by atoms with Gasteiger partial charge < -0.3 is 4.90 Å². The van der Waals surface area contributed by atoms with Crippen LogP contribution in [0, 0.1) is 17.2 Å². The first-order valence-corrected chi connectivity index (χ1v) is 8.74. The Morgan fingerprint density at radius 1 is 0.957 bits per heavy atom. The average Bonchev–Trinajstić information content (AvgIpc) is 2.61. The molecule has 0 amide bonds. The van der Waals surface area contributed by atoms with Crippen LogP contribution in [0.4, 0.5) is 0 Å². The third-order valence-corrected chi connectivity index (χ3v) is 5.44. The van der Waals surface area contributed by atoms with Crippen molar-refractivity contribution in [3.8, 4) is 6.07 Å². The first-order chi connectivity index (χ1) is 11.2. The van der Waals surface area contributed by atoms with Crippen molar-refractivity contribution in [1.29, 1.82) is 5.26 Å². The van der Waals surface area contributed by atoms with Gasteiger partial charge in [-0.15, -0.1) is 11.8 Å². The van der Waals surface area contributed by atoms with E-state index in [0.29, 0.717) is 0 Å². The lowest BCUT2D eigenvalue weighted by atomic mass is 9.87. The topological polar surface area (TPSA) is 27.0 Å². The zero-order valence-electron chi connectivity index (χ0n) is 13.4. The molecule has 2 atom stereocenters. The molecule has 1 heterocycles. The predicted octanol–water partition coefficient (Wildman–Crippen LogP) is 4.37. The summed E-state index contributed by atoms with van der Waals surface area (Å²) in [6, 6.07) is 23.6. The highest BCUT2D eigenvalue weighted by Gasteiger charge is 2.34. The summed E-state index contributed by atoms with van der Waals surface area (Å²) in [6.45, 7) is 0. The molecular formula is C20H20N2S. The Hall–Kier alpha value is -2.02. The zero-order chi connectivity index (χ0) is 16.2. The maximum Gasteiger partial charge on any atom is 0.0754 e. The Morgan fingerprint density at radius 3 is 2.04 bits per heavy atom. The van der Waals surface area contributed by atoms with Crippen LogP contribution in [0.3, 0.4) is 0 Å². The largest absolute Gasteiger partial charge is 0.301 e. The maximum atomic E-state index is 9.62. The number of benzene rings is 2. The molecule has 3 rings (SSSR count). The molecule has 23 heavy (non-hydrogen) atoms. The molecule has 2 aromatic carbocycles. The fourth-order valence-corrected chi connectivity index (χ4v) is 4.45. The number of rotatable bonds is 3. The van der Waals surface area contributed by atoms with E-state index in [1.807, 2.05) is 12.1 Å². The van der Waals surface area contributed by atoms with Crippen LogP contribution in [0.5, 0.6) is 0 Å². The predicted molar refractivity (Wildman–Crippen MR) is 98.7 cm³/mol. The number of hydrogen-bond acceptors (Lipinski definition) is 3. The third kappa shape index (κ3) is 3.19. The van der Waals surface area contributed by atoms with Crippen LogP contribution >= 0.6 is 11.8 Å². The summed E-state index contributed by atoms with van der Waals surface area (Å²) < 4.78 is 0.